The highest BCUT2D eigenvalue weighted by Crippen LogP contribution is 2.45. The number of nitrogens with zero attached hydrogens (tertiary/aromatic N) is 2. The summed E-state index contributed by atoms with van der Waals surface area (Å²) in [5, 5.41) is 0. The average Bonchev–Trinajstić information content (AvgIpc) is 3.72. The quantitative estimate of drug-likeness (QED) is 0.379. The highest BCUT2D eigenvalue weighted by molar-refractivity contribution is 5.89. The van der Waals surface area contributed by atoms with E-state index in [1.807, 2.05) is 68.1 Å². The molecule has 0 radical (unpaired) electrons. The first-order chi connectivity index (χ1) is 18.6. The molecule has 1 aliphatic heterocycles. The zero-order chi connectivity index (χ0) is 28.0. The first kappa shape index (κ1) is 28.7. The summed E-state index contributed by atoms with van der Waals surface area (Å²) >= 11 is 0. The van der Waals surface area contributed by atoms with Gasteiger partial charge in [0.25, 0.3) is 0 Å². The summed E-state index contributed by atoms with van der Waals surface area (Å²) in [4.78, 5) is 41.6. The van der Waals surface area contributed by atoms with Crippen molar-refractivity contribution in [2.24, 2.45) is 5.92 Å². The molecule has 210 valence electrons. The fourth-order valence-electron chi connectivity index (χ4n) is 5.46. The van der Waals surface area contributed by atoms with Gasteiger partial charge in [-0.2, -0.15) is 0 Å². The van der Waals surface area contributed by atoms with Crippen LogP contribution >= 0.6 is 0 Å². The second-order valence-electron chi connectivity index (χ2n) is 11.8. The molecule has 4 rings (SSSR count). The fraction of sp³-hybridized carbons (Fsp3) is 0.531. The molecule has 7 heteroatoms. The minimum atomic E-state index is -0.614. The van der Waals surface area contributed by atoms with Gasteiger partial charge in [0.2, 0.25) is 5.91 Å². The first-order valence-electron chi connectivity index (χ1n) is 14.1. The number of methoxy groups -OCH3 is 1. The third-order valence-corrected chi connectivity index (χ3v) is 7.74. The number of hydrogen-bond donors (Lipinski definition) is 0. The van der Waals surface area contributed by atoms with Crippen molar-refractivity contribution < 1.29 is 23.9 Å². The largest absolute Gasteiger partial charge is 0.465 e. The maximum absolute atomic E-state index is 13.3. The summed E-state index contributed by atoms with van der Waals surface area (Å²) in [5.41, 5.74) is 2.37. The van der Waals surface area contributed by atoms with E-state index in [0.717, 1.165) is 51.6 Å². The van der Waals surface area contributed by atoms with Gasteiger partial charge in [-0.25, -0.2) is 9.59 Å². The van der Waals surface area contributed by atoms with E-state index >= 15 is 0 Å². The molecule has 2 unspecified atom stereocenters. The van der Waals surface area contributed by atoms with Crippen LogP contribution in [0.1, 0.15) is 80.3 Å². The molecular weight excluding hydrogens is 492 g/mol. The maximum atomic E-state index is 13.3. The molecule has 1 saturated carbocycles. The summed E-state index contributed by atoms with van der Waals surface area (Å²) in [6, 6.07) is 17.8. The maximum Gasteiger partial charge on any atom is 0.411 e. The standard InChI is InChI=1S/C32H42N2O5/c1-32(2,3)39-31(37)34(28-21-27(28)25-11-6-5-7-12-25)22-29(35)33-19-17-24(18-20-33)10-8-9-23-13-15-26(16-14-23)30(36)38-4/h5-7,11-16,24,27-28H,8-10,17-22H2,1-4H3. The van der Waals surface area contributed by atoms with Crippen LogP contribution in [0.4, 0.5) is 4.79 Å². The number of likely N-dealkylation sites (tertiary alicyclic amines) is 1. The molecule has 1 heterocycles. The van der Waals surface area contributed by atoms with Crippen LogP contribution < -0.4 is 0 Å². The van der Waals surface area contributed by atoms with E-state index in [4.69, 9.17) is 9.47 Å². The van der Waals surface area contributed by atoms with Crippen LogP contribution in [0.25, 0.3) is 0 Å². The number of benzene rings is 2. The Hall–Kier alpha value is -3.35. The van der Waals surface area contributed by atoms with Crippen LogP contribution in [0, 0.1) is 5.92 Å². The highest BCUT2D eigenvalue weighted by Gasteiger charge is 2.47. The number of piperidine rings is 1. The lowest BCUT2D eigenvalue weighted by Crippen LogP contribution is -2.48. The molecule has 0 bridgehead atoms. The number of rotatable bonds is 9. The minimum Gasteiger partial charge on any atom is -0.465 e. The van der Waals surface area contributed by atoms with E-state index in [-0.39, 0.29) is 30.4 Å². The van der Waals surface area contributed by atoms with Gasteiger partial charge in [0, 0.05) is 25.0 Å². The second kappa shape index (κ2) is 12.7. The van der Waals surface area contributed by atoms with E-state index in [1.54, 1.807) is 4.90 Å². The molecular formula is C32H42N2O5. The third-order valence-electron chi connectivity index (χ3n) is 7.74. The molecule has 2 atom stereocenters. The van der Waals surface area contributed by atoms with Crippen molar-refractivity contribution in [2.75, 3.05) is 26.7 Å². The topological polar surface area (TPSA) is 76.2 Å². The Morgan fingerprint density at radius 1 is 0.974 bits per heavy atom. The van der Waals surface area contributed by atoms with Gasteiger partial charge in [0.1, 0.15) is 12.1 Å². The van der Waals surface area contributed by atoms with Gasteiger partial charge in [-0.05, 0) is 88.5 Å². The zero-order valence-electron chi connectivity index (χ0n) is 23.7. The van der Waals surface area contributed by atoms with Gasteiger partial charge >= 0.3 is 12.1 Å². The molecule has 1 saturated heterocycles. The summed E-state index contributed by atoms with van der Waals surface area (Å²) in [6.07, 6.45) is 5.56. The van der Waals surface area contributed by atoms with E-state index < -0.39 is 11.7 Å². The number of amides is 2. The van der Waals surface area contributed by atoms with E-state index in [0.29, 0.717) is 11.5 Å². The van der Waals surface area contributed by atoms with E-state index in [9.17, 15) is 14.4 Å². The normalized spacial score (nSPS) is 19.3. The van der Waals surface area contributed by atoms with Gasteiger partial charge in [-0.1, -0.05) is 42.5 Å². The molecule has 7 nitrogen and oxygen atoms in total. The number of aryl methyl sites for hydroxylation is 1. The third kappa shape index (κ3) is 8.07. The van der Waals surface area contributed by atoms with Crippen molar-refractivity contribution in [3.05, 3.63) is 71.3 Å². The van der Waals surface area contributed by atoms with Gasteiger partial charge in [-0.3, -0.25) is 9.69 Å². The first-order valence-corrected chi connectivity index (χ1v) is 14.1. The molecule has 2 aliphatic rings. The Morgan fingerprint density at radius 2 is 1.64 bits per heavy atom. The highest BCUT2D eigenvalue weighted by atomic mass is 16.6. The Kier molecular flexibility index (Phi) is 9.31. The summed E-state index contributed by atoms with van der Waals surface area (Å²) in [7, 11) is 1.39. The Morgan fingerprint density at radius 3 is 2.26 bits per heavy atom. The molecule has 39 heavy (non-hydrogen) atoms. The molecule has 2 fully saturated rings. The predicted octanol–water partition coefficient (Wildman–Crippen LogP) is 5.83. The average molecular weight is 535 g/mol. The van der Waals surface area contributed by atoms with Crippen molar-refractivity contribution in [3.63, 3.8) is 0 Å². The van der Waals surface area contributed by atoms with Crippen molar-refractivity contribution in [3.8, 4) is 0 Å². The van der Waals surface area contributed by atoms with Gasteiger partial charge in [0.15, 0.2) is 0 Å². The number of carbonyl (C=O) groups excluding carboxylic acids is 3. The smallest absolute Gasteiger partial charge is 0.411 e. The van der Waals surface area contributed by atoms with Crippen molar-refractivity contribution in [1.82, 2.24) is 9.80 Å². The number of ether oxygens (including phenoxy) is 2. The van der Waals surface area contributed by atoms with Crippen LogP contribution in [-0.2, 0) is 20.7 Å². The number of hydrogen-bond acceptors (Lipinski definition) is 5. The fourth-order valence-corrected chi connectivity index (χ4v) is 5.46. The minimum absolute atomic E-state index is 0.00344. The molecule has 2 aromatic carbocycles. The van der Waals surface area contributed by atoms with Crippen LogP contribution in [0.5, 0.6) is 0 Å². The SMILES string of the molecule is COC(=O)c1ccc(CCCC2CCN(C(=O)CN(C(=O)OC(C)(C)C)C3CC3c3ccccc3)CC2)cc1. The summed E-state index contributed by atoms with van der Waals surface area (Å²) in [6.45, 7) is 7.09. The Bertz CT molecular complexity index is 1120. The van der Waals surface area contributed by atoms with Crippen LogP contribution in [0.15, 0.2) is 54.6 Å². The lowest BCUT2D eigenvalue weighted by molar-refractivity contribution is -0.134. The number of carbonyl (C=O) groups is 3. The lowest BCUT2D eigenvalue weighted by Gasteiger charge is -2.34. The second-order valence-corrected chi connectivity index (χ2v) is 11.8. The van der Waals surface area contributed by atoms with Gasteiger partial charge in [0.05, 0.1) is 12.7 Å². The van der Waals surface area contributed by atoms with Crippen LogP contribution in [-0.4, -0.2) is 66.2 Å². The molecule has 2 amide bonds. The molecule has 2 aromatic rings. The molecule has 0 N–H and O–H groups in total. The summed E-state index contributed by atoms with van der Waals surface area (Å²) < 4.78 is 10.4. The zero-order valence-corrected chi connectivity index (χ0v) is 23.7. The predicted molar refractivity (Wildman–Crippen MR) is 151 cm³/mol. The number of esters is 1. The Balaban J connectivity index is 1.25. The van der Waals surface area contributed by atoms with Crippen LogP contribution in [0.3, 0.4) is 0 Å². The molecule has 0 aromatic heterocycles. The molecule has 0 spiro atoms. The van der Waals surface area contributed by atoms with Crippen LogP contribution in [0.2, 0.25) is 0 Å². The van der Waals surface area contributed by atoms with Crippen molar-refractivity contribution in [1.29, 1.82) is 0 Å². The molecule has 1 aliphatic carbocycles. The van der Waals surface area contributed by atoms with E-state index in [2.05, 4.69) is 12.1 Å². The van der Waals surface area contributed by atoms with Crippen molar-refractivity contribution in [2.45, 2.75) is 76.9 Å². The van der Waals surface area contributed by atoms with Gasteiger partial charge in [-0.15, -0.1) is 0 Å². The van der Waals surface area contributed by atoms with Gasteiger partial charge < -0.3 is 14.4 Å². The van der Waals surface area contributed by atoms with E-state index in [1.165, 1.54) is 18.2 Å². The monoisotopic (exact) mass is 534 g/mol. The Labute approximate surface area is 232 Å². The van der Waals surface area contributed by atoms with Crippen molar-refractivity contribution >= 4 is 18.0 Å². The summed E-state index contributed by atoms with van der Waals surface area (Å²) in [5.74, 6) is 0.527. The lowest BCUT2D eigenvalue weighted by atomic mass is 9.90.